The molecule has 0 spiro atoms. The maximum atomic E-state index is 12.0. The summed E-state index contributed by atoms with van der Waals surface area (Å²) in [6, 6.07) is 11.3. The van der Waals surface area contributed by atoms with Crippen molar-refractivity contribution >= 4 is 23.0 Å². The average molecular weight is 319 g/mol. The van der Waals surface area contributed by atoms with Crippen LogP contribution in [0.1, 0.15) is 23.6 Å². The van der Waals surface area contributed by atoms with E-state index in [1.807, 2.05) is 12.1 Å². The molecule has 0 fully saturated rings. The molecule has 0 aliphatic carbocycles. The first-order valence-corrected chi connectivity index (χ1v) is 6.99. The van der Waals surface area contributed by atoms with Gasteiger partial charge in [-0.1, -0.05) is 35.5 Å². The van der Waals surface area contributed by atoms with Crippen LogP contribution < -0.4 is 15.8 Å². The monoisotopic (exact) mass is 318 g/mol. The van der Waals surface area contributed by atoms with E-state index in [2.05, 4.69) is 10.5 Å². The third-order valence-electron chi connectivity index (χ3n) is 3.53. The summed E-state index contributed by atoms with van der Waals surface area (Å²) in [5.74, 6) is -0.220. The summed E-state index contributed by atoms with van der Waals surface area (Å²) in [5.41, 5.74) is 5.02. The van der Waals surface area contributed by atoms with Crippen LogP contribution in [0.5, 0.6) is 5.75 Å². The summed E-state index contributed by atoms with van der Waals surface area (Å²) in [6.45, 7) is 0. The lowest BCUT2D eigenvalue weighted by Gasteiger charge is -2.16. The Morgan fingerprint density at radius 1 is 1.18 bits per heavy atom. The van der Waals surface area contributed by atoms with Crippen LogP contribution in [0.4, 0.5) is 5.69 Å². The molecular weight excluding hydrogens is 306 g/mol. The highest BCUT2D eigenvalue weighted by molar-refractivity contribution is 6.30. The van der Waals surface area contributed by atoms with Gasteiger partial charge in [0.1, 0.15) is 0 Å². The van der Waals surface area contributed by atoms with Gasteiger partial charge in [0.15, 0.2) is 0 Å². The SMILES string of the molecule is [O-]c1ccc(N(O)O)cc1C1=NN[C@@H](c2ccc(Cl)cc2)C1. The molecule has 2 aromatic carbocycles. The molecule has 0 saturated carbocycles. The van der Waals surface area contributed by atoms with Gasteiger partial charge in [0.05, 0.1) is 17.4 Å². The summed E-state index contributed by atoms with van der Waals surface area (Å²) >= 11 is 5.87. The van der Waals surface area contributed by atoms with E-state index in [-0.39, 0.29) is 22.7 Å². The van der Waals surface area contributed by atoms with E-state index in [0.29, 0.717) is 22.7 Å². The average Bonchev–Trinajstić information content (AvgIpc) is 2.98. The molecule has 1 aliphatic heterocycles. The lowest BCUT2D eigenvalue weighted by Crippen LogP contribution is -2.13. The summed E-state index contributed by atoms with van der Waals surface area (Å²) in [5, 5.41) is 34.9. The Balaban J connectivity index is 1.83. The van der Waals surface area contributed by atoms with E-state index in [1.165, 1.54) is 18.2 Å². The lowest BCUT2D eigenvalue weighted by atomic mass is 9.98. The molecule has 1 heterocycles. The highest BCUT2D eigenvalue weighted by Crippen LogP contribution is 2.29. The lowest BCUT2D eigenvalue weighted by molar-refractivity contribution is -0.268. The zero-order valence-corrected chi connectivity index (χ0v) is 12.2. The number of nitrogens with zero attached hydrogens (tertiary/aromatic N) is 2. The Kier molecular flexibility index (Phi) is 3.89. The van der Waals surface area contributed by atoms with Crippen LogP contribution in [0.2, 0.25) is 5.02 Å². The quantitative estimate of drug-likeness (QED) is 0.756. The molecule has 22 heavy (non-hydrogen) atoms. The molecule has 0 amide bonds. The van der Waals surface area contributed by atoms with Gasteiger partial charge in [0.25, 0.3) is 0 Å². The summed E-state index contributed by atoms with van der Waals surface area (Å²) in [7, 11) is 0. The topological polar surface area (TPSA) is 91.2 Å². The Hall–Kier alpha value is -2.28. The first-order chi connectivity index (χ1) is 10.5. The molecule has 0 bridgehead atoms. The standard InChI is InChI=1S/C15H14ClN3O3/c16-10-3-1-9(2-4-10)13-8-14(18-17-13)12-7-11(19(21)22)5-6-15(12)20/h1-7,13,17,20-22H,8H2/p-1/t13-/m1/s1. The van der Waals surface area contributed by atoms with Crippen LogP contribution in [-0.2, 0) is 0 Å². The fourth-order valence-corrected chi connectivity index (χ4v) is 2.49. The number of halogens is 1. The maximum absolute atomic E-state index is 12.0. The van der Waals surface area contributed by atoms with Crippen molar-refractivity contribution in [1.82, 2.24) is 5.43 Å². The summed E-state index contributed by atoms with van der Waals surface area (Å²) < 4.78 is 0. The van der Waals surface area contributed by atoms with E-state index < -0.39 is 0 Å². The normalized spacial score (nSPS) is 17.0. The molecule has 1 aliphatic rings. The van der Waals surface area contributed by atoms with Crippen LogP contribution in [0, 0.1) is 0 Å². The number of benzene rings is 2. The smallest absolute Gasteiger partial charge is 0.0948 e. The maximum Gasteiger partial charge on any atom is 0.0948 e. The molecule has 6 nitrogen and oxygen atoms in total. The Labute approximate surface area is 131 Å². The Bertz CT molecular complexity index is 716. The fraction of sp³-hybridized carbons (Fsp3) is 0.133. The highest BCUT2D eigenvalue weighted by Gasteiger charge is 2.22. The number of nitrogens with one attached hydrogen (secondary N) is 1. The van der Waals surface area contributed by atoms with E-state index in [1.54, 1.807) is 12.1 Å². The van der Waals surface area contributed by atoms with Crippen LogP contribution in [-0.4, -0.2) is 16.1 Å². The van der Waals surface area contributed by atoms with Gasteiger partial charge in [-0.25, -0.2) is 0 Å². The van der Waals surface area contributed by atoms with Crippen molar-refractivity contribution < 1.29 is 15.5 Å². The molecule has 0 aromatic heterocycles. The van der Waals surface area contributed by atoms with Crippen LogP contribution >= 0.6 is 11.6 Å². The Morgan fingerprint density at radius 2 is 1.91 bits per heavy atom. The third kappa shape index (κ3) is 2.85. The van der Waals surface area contributed by atoms with Crippen molar-refractivity contribution in [2.75, 3.05) is 5.23 Å². The van der Waals surface area contributed by atoms with Gasteiger partial charge in [0.2, 0.25) is 0 Å². The highest BCUT2D eigenvalue weighted by atomic mass is 35.5. The predicted octanol–water partition coefficient (Wildman–Crippen LogP) is 2.44. The van der Waals surface area contributed by atoms with E-state index in [4.69, 9.17) is 22.0 Å². The minimum absolute atomic E-state index is 0.0252. The minimum atomic E-state index is -0.220. The molecule has 3 rings (SSSR count). The predicted molar refractivity (Wildman–Crippen MR) is 80.4 cm³/mol. The second-order valence-corrected chi connectivity index (χ2v) is 5.40. The number of rotatable bonds is 3. The molecule has 0 radical (unpaired) electrons. The van der Waals surface area contributed by atoms with Gasteiger partial charge in [-0.2, -0.15) is 5.10 Å². The van der Waals surface area contributed by atoms with E-state index >= 15 is 0 Å². The van der Waals surface area contributed by atoms with Gasteiger partial charge in [-0.15, -0.1) is 5.23 Å². The number of hydrazone groups is 1. The zero-order valence-electron chi connectivity index (χ0n) is 11.4. The molecule has 0 saturated heterocycles. The molecule has 1 atom stereocenters. The first-order valence-electron chi connectivity index (χ1n) is 6.61. The molecular formula is C15H13ClN3O3-. The first kappa shape index (κ1) is 14.6. The number of anilines is 1. The summed E-state index contributed by atoms with van der Waals surface area (Å²) in [6.07, 6.45) is 0.525. The fourth-order valence-electron chi connectivity index (χ4n) is 2.37. The van der Waals surface area contributed by atoms with Gasteiger partial charge in [0, 0.05) is 11.4 Å². The second kappa shape index (κ2) is 5.84. The van der Waals surface area contributed by atoms with E-state index in [0.717, 1.165) is 5.56 Å². The van der Waals surface area contributed by atoms with E-state index in [9.17, 15) is 5.11 Å². The number of hydrogen-bond acceptors (Lipinski definition) is 6. The van der Waals surface area contributed by atoms with Crippen molar-refractivity contribution in [2.24, 2.45) is 5.10 Å². The summed E-state index contributed by atoms with van der Waals surface area (Å²) in [4.78, 5) is 0. The van der Waals surface area contributed by atoms with Crippen molar-refractivity contribution in [2.45, 2.75) is 12.5 Å². The van der Waals surface area contributed by atoms with Gasteiger partial charge in [-0.05, 0) is 35.4 Å². The second-order valence-electron chi connectivity index (χ2n) is 4.97. The largest absolute Gasteiger partial charge is 0.872 e. The van der Waals surface area contributed by atoms with Gasteiger partial charge in [-0.3, -0.25) is 10.4 Å². The zero-order chi connectivity index (χ0) is 15.7. The molecule has 0 unspecified atom stereocenters. The molecule has 7 heteroatoms. The third-order valence-corrected chi connectivity index (χ3v) is 3.78. The van der Waals surface area contributed by atoms with Crippen molar-refractivity contribution in [3.63, 3.8) is 0 Å². The minimum Gasteiger partial charge on any atom is -0.872 e. The van der Waals surface area contributed by atoms with Crippen molar-refractivity contribution in [1.29, 1.82) is 0 Å². The number of hydrogen-bond donors (Lipinski definition) is 3. The van der Waals surface area contributed by atoms with Gasteiger partial charge < -0.3 is 10.5 Å². The van der Waals surface area contributed by atoms with Gasteiger partial charge >= 0.3 is 0 Å². The van der Waals surface area contributed by atoms with Crippen molar-refractivity contribution in [3.05, 3.63) is 58.6 Å². The Morgan fingerprint density at radius 3 is 2.59 bits per heavy atom. The van der Waals surface area contributed by atoms with Crippen molar-refractivity contribution in [3.8, 4) is 5.75 Å². The van der Waals surface area contributed by atoms with Crippen LogP contribution in [0.15, 0.2) is 47.6 Å². The van der Waals surface area contributed by atoms with Crippen LogP contribution in [0.25, 0.3) is 0 Å². The van der Waals surface area contributed by atoms with Crippen LogP contribution in [0.3, 0.4) is 0 Å². The molecule has 3 N–H and O–H groups in total. The molecule has 114 valence electrons. The molecule has 2 aromatic rings.